The Balaban J connectivity index is 0.000000454. The highest BCUT2D eigenvalue weighted by Crippen LogP contribution is 2.60. The van der Waals surface area contributed by atoms with Crippen molar-refractivity contribution in [1.82, 2.24) is 0 Å². The number of alkyl halides is 2. The van der Waals surface area contributed by atoms with E-state index in [9.17, 15) is 13.2 Å². The second-order valence-corrected chi connectivity index (χ2v) is 9.39. The van der Waals surface area contributed by atoms with Gasteiger partial charge in [-0.1, -0.05) is 52.8 Å². The molecule has 2 atom stereocenters. The molecule has 4 heteroatoms. The Morgan fingerprint density at radius 1 is 1.03 bits per heavy atom. The minimum Gasteiger partial charge on any atom is -0.398 e. The average Bonchev–Trinajstić information content (AvgIpc) is 3.13. The molecule has 2 unspecified atom stereocenters. The van der Waals surface area contributed by atoms with Crippen molar-refractivity contribution in [2.75, 3.05) is 0 Å². The van der Waals surface area contributed by atoms with Gasteiger partial charge in [-0.25, -0.2) is 13.2 Å². The molecule has 172 valence electrons. The highest BCUT2D eigenvalue weighted by molar-refractivity contribution is 5.45. The van der Waals surface area contributed by atoms with Gasteiger partial charge < -0.3 is 5.73 Å². The lowest BCUT2D eigenvalue weighted by Crippen LogP contribution is -2.19. The van der Waals surface area contributed by atoms with Crippen molar-refractivity contribution in [3.05, 3.63) is 58.1 Å². The van der Waals surface area contributed by atoms with E-state index in [1.54, 1.807) is 0 Å². The highest BCUT2D eigenvalue weighted by Gasteiger charge is 2.54. The lowest BCUT2D eigenvalue weighted by molar-refractivity contribution is 0.0623. The minimum absolute atomic E-state index is 0.00690. The fraction of sp³-hybridized carbons (Fsp3) is 0.615. The Bertz CT molecular complexity index is 740. The van der Waals surface area contributed by atoms with E-state index in [1.165, 1.54) is 11.1 Å². The predicted octanol–water partition coefficient (Wildman–Crippen LogP) is 7.98. The summed E-state index contributed by atoms with van der Waals surface area (Å²) in [4.78, 5) is 0. The number of hydrogen-bond acceptors (Lipinski definition) is 1. The summed E-state index contributed by atoms with van der Waals surface area (Å²) in [5, 5.41) is 0. The van der Waals surface area contributed by atoms with E-state index in [0.717, 1.165) is 46.9 Å². The molecule has 0 aliphatic heterocycles. The molecule has 1 aromatic rings. The van der Waals surface area contributed by atoms with Crippen LogP contribution < -0.4 is 5.73 Å². The first-order valence-electron chi connectivity index (χ1n) is 10.7. The summed E-state index contributed by atoms with van der Waals surface area (Å²) in [5.74, 6) is -1.26. The highest BCUT2D eigenvalue weighted by atomic mass is 19.3. The van der Waals surface area contributed by atoms with Crippen molar-refractivity contribution in [2.45, 2.75) is 88.0 Å². The summed E-state index contributed by atoms with van der Waals surface area (Å²) in [6.45, 7) is 26.7. The van der Waals surface area contributed by atoms with Gasteiger partial charge in [0.25, 0.3) is 5.92 Å². The zero-order valence-corrected chi connectivity index (χ0v) is 20.7. The third kappa shape index (κ3) is 6.92. The molecule has 2 N–H and O–H groups in total. The van der Waals surface area contributed by atoms with Gasteiger partial charge in [-0.05, 0) is 86.1 Å². The summed E-state index contributed by atoms with van der Waals surface area (Å²) in [6, 6.07) is 0. The van der Waals surface area contributed by atoms with Crippen molar-refractivity contribution in [3.8, 4) is 0 Å². The van der Waals surface area contributed by atoms with Gasteiger partial charge in [0.15, 0.2) is 0 Å². The van der Waals surface area contributed by atoms with Gasteiger partial charge in [-0.3, -0.25) is 0 Å². The fourth-order valence-electron chi connectivity index (χ4n) is 3.85. The molecule has 1 aliphatic carbocycles. The van der Waals surface area contributed by atoms with Crippen LogP contribution in [0, 0.1) is 50.8 Å². The topological polar surface area (TPSA) is 26.0 Å². The van der Waals surface area contributed by atoms with Gasteiger partial charge in [-0.15, -0.1) is 0 Å². The molecule has 0 amide bonds. The van der Waals surface area contributed by atoms with E-state index >= 15 is 0 Å². The van der Waals surface area contributed by atoms with Gasteiger partial charge in [0, 0.05) is 6.92 Å². The van der Waals surface area contributed by atoms with E-state index < -0.39 is 11.6 Å². The number of allylic oxidation sites excluding steroid dienone is 2. The molecule has 0 radical (unpaired) electrons. The molecular weight excluding hydrogens is 383 g/mol. The molecule has 0 heterocycles. The minimum atomic E-state index is -2.92. The number of benzene rings is 1. The Hall–Kier alpha value is -1.71. The maximum Gasteiger partial charge on any atom is 0.283 e. The molecule has 1 aliphatic rings. The first-order chi connectivity index (χ1) is 13.4. The van der Waals surface area contributed by atoms with E-state index in [4.69, 9.17) is 0 Å². The maximum atomic E-state index is 13.9. The van der Waals surface area contributed by atoms with Crippen molar-refractivity contribution in [1.29, 1.82) is 0 Å². The van der Waals surface area contributed by atoms with Crippen LogP contribution in [0.15, 0.2) is 24.4 Å². The smallest absolute Gasteiger partial charge is 0.283 e. The van der Waals surface area contributed by atoms with E-state index in [-0.39, 0.29) is 5.82 Å². The standard InChI is InChI=1S/C13H19F.C9H16.C4H7F2N/c1-6-7-12-10(4)8(2)9(3)11(5)13(12)14;1-6(2)8-7(3)9(8,4)5;1-3(7)4(2,5)6/h6-7H2,1-5H3;7-8H,1H2,2-5H3;1,7H2,2H3. The van der Waals surface area contributed by atoms with Gasteiger partial charge in [0.05, 0.1) is 5.70 Å². The number of rotatable bonds is 4. The predicted molar refractivity (Wildman–Crippen MR) is 125 cm³/mol. The second kappa shape index (κ2) is 10.5. The first-order valence-corrected chi connectivity index (χ1v) is 10.7. The van der Waals surface area contributed by atoms with E-state index in [0.29, 0.717) is 12.3 Å². The Morgan fingerprint density at radius 2 is 1.40 bits per heavy atom. The lowest BCUT2D eigenvalue weighted by Gasteiger charge is -2.15. The van der Waals surface area contributed by atoms with E-state index in [2.05, 4.69) is 60.4 Å². The molecule has 0 spiro atoms. The van der Waals surface area contributed by atoms with Crippen molar-refractivity contribution in [3.63, 3.8) is 0 Å². The normalized spacial score (nSPS) is 19.1. The lowest BCUT2D eigenvalue weighted by atomic mass is 9.92. The van der Waals surface area contributed by atoms with Crippen molar-refractivity contribution in [2.24, 2.45) is 23.0 Å². The van der Waals surface area contributed by atoms with Crippen LogP contribution in [-0.4, -0.2) is 5.92 Å². The van der Waals surface area contributed by atoms with Crippen LogP contribution in [0.3, 0.4) is 0 Å². The Kier molecular flexibility index (Phi) is 9.95. The molecule has 2 rings (SSSR count). The second-order valence-electron chi connectivity index (χ2n) is 9.39. The summed E-state index contributed by atoms with van der Waals surface area (Å²) in [7, 11) is 0. The van der Waals surface area contributed by atoms with Crippen LogP contribution >= 0.6 is 0 Å². The molecule has 0 saturated heterocycles. The zero-order chi connectivity index (χ0) is 24.2. The van der Waals surface area contributed by atoms with Gasteiger partial charge >= 0.3 is 0 Å². The monoisotopic (exact) mass is 425 g/mol. The van der Waals surface area contributed by atoms with E-state index in [1.807, 2.05) is 20.8 Å². The Morgan fingerprint density at radius 3 is 1.63 bits per heavy atom. The van der Waals surface area contributed by atoms with Crippen molar-refractivity contribution < 1.29 is 13.2 Å². The number of halogens is 3. The molecule has 1 saturated carbocycles. The van der Waals surface area contributed by atoms with Crippen LogP contribution in [-0.2, 0) is 6.42 Å². The first kappa shape index (κ1) is 28.3. The molecule has 0 bridgehead atoms. The SMILES string of the molecule is C=C(C)C1C(C)C1(C)C.C=C(N)C(C)(F)F.CCCc1c(C)c(C)c(C)c(C)c1F. The summed E-state index contributed by atoms with van der Waals surface area (Å²) in [6.07, 6.45) is 1.85. The van der Waals surface area contributed by atoms with Crippen LogP contribution in [0.5, 0.6) is 0 Å². The van der Waals surface area contributed by atoms with Crippen LogP contribution in [0.2, 0.25) is 0 Å². The van der Waals surface area contributed by atoms with Crippen LogP contribution in [0.4, 0.5) is 13.2 Å². The van der Waals surface area contributed by atoms with Crippen LogP contribution in [0.25, 0.3) is 0 Å². The van der Waals surface area contributed by atoms with Crippen molar-refractivity contribution >= 4 is 0 Å². The molecule has 30 heavy (non-hydrogen) atoms. The summed E-state index contributed by atoms with van der Waals surface area (Å²) in [5.41, 5.74) is 11.1. The van der Waals surface area contributed by atoms with Crippen LogP contribution in [0.1, 0.15) is 75.8 Å². The van der Waals surface area contributed by atoms with Gasteiger partial charge in [0.2, 0.25) is 0 Å². The molecule has 0 aromatic heterocycles. The largest absolute Gasteiger partial charge is 0.398 e. The number of nitrogens with two attached hydrogens (primary N) is 1. The third-order valence-corrected chi connectivity index (χ3v) is 6.70. The average molecular weight is 426 g/mol. The fourth-order valence-corrected chi connectivity index (χ4v) is 3.85. The molecule has 1 aromatic carbocycles. The molecule has 1 nitrogen and oxygen atoms in total. The summed E-state index contributed by atoms with van der Waals surface area (Å²) >= 11 is 0. The Labute approximate surface area is 182 Å². The van der Waals surface area contributed by atoms with Gasteiger partial charge in [-0.2, -0.15) is 0 Å². The maximum absolute atomic E-state index is 13.9. The third-order valence-electron chi connectivity index (χ3n) is 6.70. The zero-order valence-electron chi connectivity index (χ0n) is 20.7. The quantitative estimate of drug-likeness (QED) is 0.486. The molecular formula is C26H42F3N. The number of hydrogen-bond donors (Lipinski definition) is 1. The molecule has 1 fully saturated rings. The summed E-state index contributed by atoms with van der Waals surface area (Å²) < 4.78 is 37.1. The van der Waals surface area contributed by atoms with Gasteiger partial charge in [0.1, 0.15) is 5.82 Å².